The highest BCUT2D eigenvalue weighted by atomic mass is 35.5. The van der Waals surface area contributed by atoms with Gasteiger partial charge in [-0.2, -0.15) is 0 Å². The zero-order valence-electron chi connectivity index (χ0n) is 10.8. The first-order valence-electron chi connectivity index (χ1n) is 6.06. The number of carbonyl (C=O) groups excluding carboxylic acids is 2. The van der Waals surface area contributed by atoms with Crippen molar-refractivity contribution in [2.45, 2.75) is 26.7 Å². The maximum atomic E-state index is 12.3. The van der Waals surface area contributed by atoms with Gasteiger partial charge in [0.25, 0.3) is 0 Å². The van der Waals surface area contributed by atoms with Gasteiger partial charge in [0.1, 0.15) is 0 Å². The Morgan fingerprint density at radius 1 is 1.21 bits per heavy atom. The molecule has 19 heavy (non-hydrogen) atoms. The van der Waals surface area contributed by atoms with E-state index in [1.54, 1.807) is 24.3 Å². The number of allylic oxidation sites excluding steroid dienone is 1. The summed E-state index contributed by atoms with van der Waals surface area (Å²) in [5.41, 5.74) is 0.328. The highest BCUT2D eigenvalue weighted by molar-refractivity contribution is 6.43. The Morgan fingerprint density at radius 3 is 2.58 bits per heavy atom. The lowest BCUT2D eigenvalue weighted by Crippen LogP contribution is -2.34. The summed E-state index contributed by atoms with van der Waals surface area (Å²) in [5, 5.41) is 0.770. The Kier molecular flexibility index (Phi) is 3.84. The molecular formula is C15H14Cl2O2. The maximum Gasteiger partial charge on any atom is 0.172 e. The average Bonchev–Trinajstić information content (AvgIpc) is 2.35. The van der Waals surface area contributed by atoms with Crippen LogP contribution in [0.15, 0.2) is 23.8 Å². The van der Waals surface area contributed by atoms with Crippen LogP contribution in [0.1, 0.15) is 32.3 Å². The Morgan fingerprint density at radius 2 is 1.89 bits per heavy atom. The first kappa shape index (κ1) is 14.3. The van der Waals surface area contributed by atoms with Gasteiger partial charge in [-0.05, 0) is 24.1 Å². The molecule has 0 aliphatic heterocycles. The van der Waals surface area contributed by atoms with E-state index in [0.717, 1.165) is 0 Å². The highest BCUT2D eigenvalue weighted by Gasteiger charge is 2.38. The first-order valence-corrected chi connectivity index (χ1v) is 6.82. The van der Waals surface area contributed by atoms with Crippen LogP contribution in [-0.2, 0) is 9.59 Å². The number of halogens is 2. The number of hydrogen-bond acceptors (Lipinski definition) is 2. The van der Waals surface area contributed by atoms with Gasteiger partial charge in [0, 0.05) is 11.8 Å². The second kappa shape index (κ2) is 5.10. The highest BCUT2D eigenvalue weighted by Crippen LogP contribution is 2.35. The molecule has 1 fully saturated rings. The van der Waals surface area contributed by atoms with E-state index in [2.05, 4.69) is 0 Å². The van der Waals surface area contributed by atoms with Crippen molar-refractivity contribution in [1.82, 2.24) is 0 Å². The standard InChI is InChI=1S/C15H14Cl2O2/c1-15(2)7-6-12(18)10(14(15)19)8-9-4-3-5-11(16)13(9)17/h3-5,8H,6-7H2,1-2H3/b10-8-. The van der Waals surface area contributed by atoms with E-state index in [1.807, 2.05) is 13.8 Å². The monoisotopic (exact) mass is 296 g/mol. The summed E-state index contributed by atoms with van der Waals surface area (Å²) in [5.74, 6) is -0.250. The van der Waals surface area contributed by atoms with Gasteiger partial charge < -0.3 is 0 Å². The van der Waals surface area contributed by atoms with Crippen LogP contribution in [0.5, 0.6) is 0 Å². The minimum Gasteiger partial charge on any atom is -0.294 e. The third kappa shape index (κ3) is 2.75. The molecular weight excluding hydrogens is 283 g/mol. The van der Waals surface area contributed by atoms with Crippen molar-refractivity contribution >= 4 is 40.8 Å². The van der Waals surface area contributed by atoms with Gasteiger partial charge in [0.15, 0.2) is 11.6 Å². The fourth-order valence-electron chi connectivity index (χ4n) is 2.10. The SMILES string of the molecule is CC1(C)CCC(=O)/C(=C/c2cccc(Cl)c2Cl)C1=O. The van der Waals surface area contributed by atoms with Crippen LogP contribution in [0.2, 0.25) is 10.0 Å². The summed E-state index contributed by atoms with van der Waals surface area (Å²) >= 11 is 12.0. The minimum atomic E-state index is -0.495. The molecule has 0 N–H and O–H groups in total. The summed E-state index contributed by atoms with van der Waals surface area (Å²) in [7, 11) is 0. The van der Waals surface area contributed by atoms with Crippen LogP contribution in [-0.4, -0.2) is 11.6 Å². The molecule has 0 atom stereocenters. The molecule has 4 heteroatoms. The molecule has 0 saturated heterocycles. The lowest BCUT2D eigenvalue weighted by molar-refractivity contribution is -0.130. The van der Waals surface area contributed by atoms with E-state index in [-0.39, 0.29) is 17.1 Å². The van der Waals surface area contributed by atoms with E-state index >= 15 is 0 Å². The first-order chi connectivity index (χ1) is 8.83. The van der Waals surface area contributed by atoms with Gasteiger partial charge in [-0.3, -0.25) is 9.59 Å². The lowest BCUT2D eigenvalue weighted by atomic mass is 9.73. The topological polar surface area (TPSA) is 34.1 Å². The summed E-state index contributed by atoms with van der Waals surface area (Å²) in [6.45, 7) is 3.71. The van der Waals surface area contributed by atoms with Gasteiger partial charge in [0.2, 0.25) is 0 Å². The Balaban J connectivity index is 2.49. The van der Waals surface area contributed by atoms with E-state index in [9.17, 15) is 9.59 Å². The Bertz CT molecular complexity index is 586. The van der Waals surface area contributed by atoms with Crippen LogP contribution in [0.25, 0.3) is 6.08 Å². The lowest BCUT2D eigenvalue weighted by Gasteiger charge is -2.28. The minimum absolute atomic E-state index is 0.125. The number of hydrogen-bond donors (Lipinski definition) is 0. The molecule has 0 bridgehead atoms. The second-order valence-electron chi connectivity index (χ2n) is 5.34. The van der Waals surface area contributed by atoms with Crippen LogP contribution >= 0.6 is 23.2 Å². The molecule has 100 valence electrons. The van der Waals surface area contributed by atoms with E-state index in [1.165, 1.54) is 0 Å². The molecule has 1 saturated carbocycles. The number of ketones is 2. The molecule has 0 unspecified atom stereocenters. The largest absolute Gasteiger partial charge is 0.294 e. The molecule has 0 heterocycles. The molecule has 2 nitrogen and oxygen atoms in total. The Hall–Kier alpha value is -1.12. The third-order valence-electron chi connectivity index (χ3n) is 3.42. The van der Waals surface area contributed by atoms with Crippen molar-refractivity contribution in [2.24, 2.45) is 5.41 Å². The summed E-state index contributed by atoms with van der Waals surface area (Å²) in [6, 6.07) is 5.15. The maximum absolute atomic E-state index is 12.3. The van der Waals surface area contributed by atoms with E-state index in [4.69, 9.17) is 23.2 Å². The quantitative estimate of drug-likeness (QED) is 0.571. The van der Waals surface area contributed by atoms with Crippen LogP contribution in [0.4, 0.5) is 0 Å². The van der Waals surface area contributed by atoms with E-state index < -0.39 is 5.41 Å². The Labute approximate surface area is 122 Å². The normalized spacial score (nSPS) is 20.9. The van der Waals surface area contributed by atoms with Crippen molar-refractivity contribution in [3.63, 3.8) is 0 Å². The molecule has 2 rings (SSSR count). The summed E-state index contributed by atoms with van der Waals surface area (Å²) in [6.07, 6.45) is 2.54. The predicted octanol–water partition coefficient (Wildman–Crippen LogP) is 4.34. The number of rotatable bonds is 1. The smallest absolute Gasteiger partial charge is 0.172 e. The van der Waals surface area contributed by atoms with Gasteiger partial charge >= 0.3 is 0 Å². The average molecular weight is 297 g/mol. The fraction of sp³-hybridized carbons (Fsp3) is 0.333. The molecule has 0 amide bonds. The molecule has 0 radical (unpaired) electrons. The number of carbonyl (C=O) groups is 2. The van der Waals surface area contributed by atoms with Crippen LogP contribution in [0.3, 0.4) is 0 Å². The van der Waals surface area contributed by atoms with Crippen molar-refractivity contribution in [3.05, 3.63) is 39.4 Å². The molecule has 0 aromatic heterocycles. The molecule has 1 aromatic carbocycles. The van der Waals surface area contributed by atoms with Gasteiger partial charge in [-0.25, -0.2) is 0 Å². The summed E-state index contributed by atoms with van der Waals surface area (Å²) in [4.78, 5) is 24.2. The van der Waals surface area contributed by atoms with Gasteiger partial charge in [-0.15, -0.1) is 0 Å². The van der Waals surface area contributed by atoms with Gasteiger partial charge in [0.05, 0.1) is 15.6 Å². The predicted molar refractivity (Wildman–Crippen MR) is 77.5 cm³/mol. The molecule has 0 spiro atoms. The van der Waals surface area contributed by atoms with Gasteiger partial charge in [-0.1, -0.05) is 49.2 Å². The zero-order chi connectivity index (χ0) is 14.2. The third-order valence-corrected chi connectivity index (χ3v) is 4.25. The molecule has 1 aromatic rings. The van der Waals surface area contributed by atoms with Crippen molar-refractivity contribution < 1.29 is 9.59 Å². The number of benzene rings is 1. The second-order valence-corrected chi connectivity index (χ2v) is 6.12. The summed E-state index contributed by atoms with van der Waals surface area (Å²) < 4.78 is 0. The van der Waals surface area contributed by atoms with Crippen molar-refractivity contribution in [1.29, 1.82) is 0 Å². The van der Waals surface area contributed by atoms with E-state index in [0.29, 0.717) is 28.5 Å². The fourth-order valence-corrected chi connectivity index (χ4v) is 2.46. The zero-order valence-corrected chi connectivity index (χ0v) is 12.3. The molecule has 1 aliphatic rings. The van der Waals surface area contributed by atoms with Crippen molar-refractivity contribution in [3.8, 4) is 0 Å². The van der Waals surface area contributed by atoms with Crippen LogP contribution < -0.4 is 0 Å². The van der Waals surface area contributed by atoms with Crippen LogP contribution in [0, 0.1) is 5.41 Å². The van der Waals surface area contributed by atoms with Crippen molar-refractivity contribution in [2.75, 3.05) is 0 Å². The molecule has 1 aliphatic carbocycles. The number of Topliss-reactive ketones (excluding diaryl/α,β-unsaturated/α-hetero) is 2.